The Morgan fingerprint density at radius 1 is 1.32 bits per heavy atom. The summed E-state index contributed by atoms with van der Waals surface area (Å²) in [5, 5.41) is 7.55. The molecule has 0 atom stereocenters. The lowest BCUT2D eigenvalue weighted by molar-refractivity contribution is 0.473. The van der Waals surface area contributed by atoms with Gasteiger partial charge in [0, 0.05) is 32.5 Å². The lowest BCUT2D eigenvalue weighted by atomic mass is 10.1. The standard InChI is InChI=1S/C17H25N5/c1-4-18-17(19-11-13-22-12-7-10-20-22)21(3)14-16-9-6-5-8-15(16)2/h5-10,12H,4,11,13-14H2,1-3H3,(H,18,19). The molecule has 0 saturated carbocycles. The molecule has 118 valence electrons. The van der Waals surface area contributed by atoms with Crippen LogP contribution in [0.5, 0.6) is 0 Å². The van der Waals surface area contributed by atoms with E-state index in [-0.39, 0.29) is 0 Å². The van der Waals surface area contributed by atoms with Gasteiger partial charge in [-0.15, -0.1) is 0 Å². The molecule has 0 aliphatic heterocycles. The van der Waals surface area contributed by atoms with Crippen LogP contribution >= 0.6 is 0 Å². The van der Waals surface area contributed by atoms with E-state index in [1.165, 1.54) is 11.1 Å². The lowest BCUT2D eigenvalue weighted by Crippen LogP contribution is -2.38. The van der Waals surface area contributed by atoms with E-state index in [0.29, 0.717) is 6.54 Å². The van der Waals surface area contributed by atoms with E-state index in [1.54, 1.807) is 6.20 Å². The summed E-state index contributed by atoms with van der Waals surface area (Å²) in [5.41, 5.74) is 2.63. The molecule has 0 bridgehead atoms. The molecule has 1 aromatic carbocycles. The zero-order valence-corrected chi connectivity index (χ0v) is 13.7. The fourth-order valence-electron chi connectivity index (χ4n) is 2.28. The van der Waals surface area contributed by atoms with Crippen LogP contribution in [0.25, 0.3) is 0 Å². The number of aromatic nitrogens is 2. The summed E-state index contributed by atoms with van der Waals surface area (Å²) in [6.45, 7) is 7.44. The Labute approximate surface area is 132 Å². The molecule has 2 aromatic rings. The number of rotatable bonds is 6. The summed E-state index contributed by atoms with van der Waals surface area (Å²) >= 11 is 0. The summed E-state index contributed by atoms with van der Waals surface area (Å²) in [6, 6.07) is 10.4. The molecule has 0 aliphatic carbocycles. The van der Waals surface area contributed by atoms with Crippen molar-refractivity contribution in [2.45, 2.75) is 26.9 Å². The topological polar surface area (TPSA) is 45.5 Å². The largest absolute Gasteiger partial charge is 0.357 e. The average Bonchev–Trinajstić information content (AvgIpc) is 3.02. The molecule has 0 amide bonds. The fourth-order valence-corrected chi connectivity index (χ4v) is 2.28. The number of aliphatic imine (C=N–C) groups is 1. The first-order chi connectivity index (χ1) is 10.7. The minimum absolute atomic E-state index is 0.710. The number of nitrogens with zero attached hydrogens (tertiary/aromatic N) is 4. The first-order valence-corrected chi connectivity index (χ1v) is 7.72. The van der Waals surface area contributed by atoms with Gasteiger partial charge in [0.2, 0.25) is 0 Å². The van der Waals surface area contributed by atoms with Gasteiger partial charge in [-0.3, -0.25) is 9.67 Å². The highest BCUT2D eigenvalue weighted by Gasteiger charge is 2.07. The Hall–Kier alpha value is -2.30. The van der Waals surface area contributed by atoms with Crippen molar-refractivity contribution in [3.63, 3.8) is 0 Å². The predicted molar refractivity (Wildman–Crippen MR) is 90.9 cm³/mol. The highest BCUT2D eigenvalue weighted by Crippen LogP contribution is 2.09. The van der Waals surface area contributed by atoms with Crippen LogP contribution in [0.3, 0.4) is 0 Å². The van der Waals surface area contributed by atoms with Crippen molar-refractivity contribution >= 4 is 5.96 Å². The third-order valence-electron chi connectivity index (χ3n) is 3.52. The molecule has 5 heteroatoms. The number of nitrogens with one attached hydrogen (secondary N) is 1. The number of guanidine groups is 1. The Balaban J connectivity index is 1.98. The van der Waals surface area contributed by atoms with Crippen LogP contribution in [-0.4, -0.2) is 40.8 Å². The molecule has 0 fully saturated rings. The van der Waals surface area contributed by atoms with Crippen molar-refractivity contribution in [3.05, 3.63) is 53.9 Å². The number of hydrogen-bond donors (Lipinski definition) is 1. The van der Waals surface area contributed by atoms with Gasteiger partial charge in [-0.1, -0.05) is 24.3 Å². The first kappa shape index (κ1) is 16.1. The Bertz CT molecular complexity index is 589. The molecule has 1 aromatic heterocycles. The molecular formula is C17H25N5. The Kier molecular flexibility index (Phi) is 6.01. The van der Waals surface area contributed by atoms with Crippen molar-refractivity contribution in [1.29, 1.82) is 0 Å². The quantitative estimate of drug-likeness (QED) is 0.657. The molecule has 5 nitrogen and oxygen atoms in total. The highest BCUT2D eigenvalue weighted by atomic mass is 15.3. The second kappa shape index (κ2) is 8.22. The predicted octanol–water partition coefficient (Wildman–Crippen LogP) is 2.29. The van der Waals surface area contributed by atoms with E-state index in [1.807, 2.05) is 16.9 Å². The second-order valence-corrected chi connectivity index (χ2v) is 5.29. The van der Waals surface area contributed by atoms with Crippen LogP contribution in [-0.2, 0) is 13.1 Å². The zero-order valence-electron chi connectivity index (χ0n) is 13.7. The highest BCUT2D eigenvalue weighted by molar-refractivity contribution is 5.79. The van der Waals surface area contributed by atoms with Gasteiger partial charge in [-0.25, -0.2) is 0 Å². The van der Waals surface area contributed by atoms with Gasteiger partial charge in [-0.05, 0) is 31.0 Å². The van der Waals surface area contributed by atoms with Crippen molar-refractivity contribution in [1.82, 2.24) is 20.0 Å². The third kappa shape index (κ3) is 4.62. The number of aryl methyl sites for hydroxylation is 1. The van der Waals surface area contributed by atoms with E-state index in [9.17, 15) is 0 Å². The Morgan fingerprint density at radius 2 is 2.14 bits per heavy atom. The van der Waals surface area contributed by atoms with Crippen molar-refractivity contribution in [3.8, 4) is 0 Å². The van der Waals surface area contributed by atoms with Crippen LogP contribution in [0, 0.1) is 6.92 Å². The normalized spacial score (nSPS) is 11.5. The Morgan fingerprint density at radius 3 is 2.82 bits per heavy atom. The minimum Gasteiger partial charge on any atom is -0.357 e. The van der Waals surface area contributed by atoms with Gasteiger partial charge < -0.3 is 10.2 Å². The maximum Gasteiger partial charge on any atom is 0.194 e. The van der Waals surface area contributed by atoms with Crippen LogP contribution < -0.4 is 5.32 Å². The van der Waals surface area contributed by atoms with E-state index in [4.69, 9.17) is 0 Å². The molecule has 1 heterocycles. The molecule has 0 unspecified atom stereocenters. The number of hydrogen-bond acceptors (Lipinski definition) is 2. The summed E-state index contributed by atoms with van der Waals surface area (Å²) in [4.78, 5) is 6.85. The maximum absolute atomic E-state index is 4.68. The maximum atomic E-state index is 4.68. The molecule has 1 N–H and O–H groups in total. The van der Waals surface area contributed by atoms with E-state index in [2.05, 4.69) is 65.5 Å². The van der Waals surface area contributed by atoms with Gasteiger partial charge in [0.05, 0.1) is 13.1 Å². The van der Waals surface area contributed by atoms with Crippen LogP contribution in [0.4, 0.5) is 0 Å². The smallest absolute Gasteiger partial charge is 0.194 e. The lowest BCUT2D eigenvalue weighted by Gasteiger charge is -2.23. The summed E-state index contributed by atoms with van der Waals surface area (Å²) in [7, 11) is 2.07. The van der Waals surface area contributed by atoms with Crippen LogP contribution in [0.15, 0.2) is 47.7 Å². The fraction of sp³-hybridized carbons (Fsp3) is 0.412. The zero-order chi connectivity index (χ0) is 15.8. The number of benzene rings is 1. The van der Waals surface area contributed by atoms with Crippen molar-refractivity contribution in [2.24, 2.45) is 4.99 Å². The second-order valence-electron chi connectivity index (χ2n) is 5.29. The van der Waals surface area contributed by atoms with Crippen molar-refractivity contribution < 1.29 is 0 Å². The molecule has 2 rings (SSSR count). The summed E-state index contributed by atoms with van der Waals surface area (Å²) in [6.07, 6.45) is 3.75. The molecule has 0 radical (unpaired) electrons. The van der Waals surface area contributed by atoms with Crippen LogP contribution in [0.2, 0.25) is 0 Å². The van der Waals surface area contributed by atoms with E-state index < -0.39 is 0 Å². The minimum atomic E-state index is 0.710. The van der Waals surface area contributed by atoms with Gasteiger partial charge in [0.15, 0.2) is 5.96 Å². The van der Waals surface area contributed by atoms with Crippen molar-refractivity contribution in [2.75, 3.05) is 20.1 Å². The van der Waals surface area contributed by atoms with E-state index >= 15 is 0 Å². The average molecular weight is 299 g/mol. The summed E-state index contributed by atoms with van der Waals surface area (Å²) < 4.78 is 1.90. The van der Waals surface area contributed by atoms with Gasteiger partial charge in [0.25, 0.3) is 0 Å². The first-order valence-electron chi connectivity index (χ1n) is 7.72. The molecular weight excluding hydrogens is 274 g/mol. The van der Waals surface area contributed by atoms with E-state index in [0.717, 1.165) is 25.6 Å². The SMILES string of the molecule is CCNC(=NCCn1cccn1)N(C)Cc1ccccc1C. The monoisotopic (exact) mass is 299 g/mol. The summed E-state index contributed by atoms with van der Waals surface area (Å²) in [5.74, 6) is 0.929. The molecule has 0 spiro atoms. The van der Waals surface area contributed by atoms with Gasteiger partial charge in [0.1, 0.15) is 0 Å². The van der Waals surface area contributed by atoms with Gasteiger partial charge >= 0.3 is 0 Å². The molecule has 0 saturated heterocycles. The molecule has 0 aliphatic rings. The van der Waals surface area contributed by atoms with Crippen LogP contribution in [0.1, 0.15) is 18.1 Å². The molecule has 22 heavy (non-hydrogen) atoms. The third-order valence-corrected chi connectivity index (χ3v) is 3.52. The van der Waals surface area contributed by atoms with Gasteiger partial charge in [-0.2, -0.15) is 5.10 Å².